The van der Waals surface area contributed by atoms with E-state index in [0.29, 0.717) is 39.1 Å². The minimum atomic E-state index is -4.06. The molecule has 36 heavy (non-hydrogen) atoms. The molecule has 11 heteroatoms. The fourth-order valence-electron chi connectivity index (χ4n) is 3.44. The molecular formula is C25H26ClN3O6S. The van der Waals surface area contributed by atoms with Gasteiger partial charge in [0.25, 0.3) is 15.9 Å². The van der Waals surface area contributed by atoms with Crippen LogP contribution < -0.4 is 23.9 Å². The van der Waals surface area contributed by atoms with Crippen LogP contribution in [0.2, 0.25) is 5.02 Å². The summed E-state index contributed by atoms with van der Waals surface area (Å²) in [4.78, 5) is 12.8. The van der Waals surface area contributed by atoms with Crippen LogP contribution in [0.4, 0.5) is 5.69 Å². The molecule has 0 aromatic heterocycles. The molecule has 0 spiro atoms. The highest BCUT2D eigenvalue weighted by molar-refractivity contribution is 7.92. The van der Waals surface area contributed by atoms with Crippen LogP contribution in [-0.2, 0) is 14.8 Å². The van der Waals surface area contributed by atoms with Gasteiger partial charge in [-0.1, -0.05) is 29.8 Å². The van der Waals surface area contributed by atoms with E-state index in [4.69, 9.17) is 25.8 Å². The summed E-state index contributed by atoms with van der Waals surface area (Å²) in [5.41, 5.74) is 3.86. The van der Waals surface area contributed by atoms with E-state index in [9.17, 15) is 13.2 Å². The molecule has 3 aromatic carbocycles. The van der Waals surface area contributed by atoms with Crippen molar-refractivity contribution in [3.63, 3.8) is 0 Å². The number of nitrogens with one attached hydrogen (secondary N) is 1. The van der Waals surface area contributed by atoms with Gasteiger partial charge >= 0.3 is 0 Å². The summed E-state index contributed by atoms with van der Waals surface area (Å²) < 4.78 is 43.8. The Morgan fingerprint density at radius 2 is 1.64 bits per heavy atom. The summed E-state index contributed by atoms with van der Waals surface area (Å²) in [5, 5.41) is 4.42. The van der Waals surface area contributed by atoms with Crippen LogP contribution >= 0.6 is 11.6 Å². The Bertz CT molecular complexity index is 1340. The zero-order valence-corrected chi connectivity index (χ0v) is 21.8. The van der Waals surface area contributed by atoms with Gasteiger partial charge in [-0.05, 0) is 55.0 Å². The van der Waals surface area contributed by atoms with E-state index in [2.05, 4.69) is 10.5 Å². The summed E-state index contributed by atoms with van der Waals surface area (Å²) in [6.45, 7) is 1.21. The van der Waals surface area contributed by atoms with Gasteiger partial charge in [-0.15, -0.1) is 0 Å². The largest absolute Gasteiger partial charge is 0.493 e. The summed E-state index contributed by atoms with van der Waals surface area (Å²) in [6.07, 6.45) is 1.38. The molecule has 1 N–H and O–H groups in total. The monoisotopic (exact) mass is 531 g/mol. The maximum absolute atomic E-state index is 13.4. The van der Waals surface area contributed by atoms with Crippen molar-refractivity contribution in [3.8, 4) is 17.2 Å². The van der Waals surface area contributed by atoms with Crippen LogP contribution in [0.5, 0.6) is 17.2 Å². The number of hydrogen-bond donors (Lipinski definition) is 1. The zero-order chi connectivity index (χ0) is 26.3. The van der Waals surface area contributed by atoms with E-state index in [0.717, 1.165) is 4.31 Å². The van der Waals surface area contributed by atoms with Gasteiger partial charge in [0.1, 0.15) is 6.54 Å². The minimum Gasteiger partial charge on any atom is -0.493 e. The molecule has 3 rings (SSSR count). The van der Waals surface area contributed by atoms with Gasteiger partial charge < -0.3 is 14.2 Å². The number of methoxy groups -OCH3 is 3. The average molecular weight is 532 g/mol. The second-order valence-electron chi connectivity index (χ2n) is 7.51. The Morgan fingerprint density at radius 1 is 1.00 bits per heavy atom. The maximum Gasteiger partial charge on any atom is 0.264 e. The molecule has 0 aliphatic heterocycles. The number of aryl methyl sites for hydroxylation is 1. The Labute approximate surface area is 215 Å². The number of hydrazone groups is 1. The molecule has 0 saturated heterocycles. The fraction of sp³-hybridized carbons (Fsp3) is 0.200. The van der Waals surface area contributed by atoms with Gasteiger partial charge in [-0.25, -0.2) is 13.8 Å². The fourth-order valence-corrected chi connectivity index (χ4v) is 5.17. The molecule has 3 aromatic rings. The lowest BCUT2D eigenvalue weighted by Gasteiger charge is -2.25. The number of carbonyl (C=O) groups is 1. The van der Waals surface area contributed by atoms with E-state index < -0.39 is 22.5 Å². The molecule has 0 radical (unpaired) electrons. The molecular weight excluding hydrogens is 506 g/mol. The minimum absolute atomic E-state index is 0.0491. The molecule has 0 atom stereocenters. The van der Waals surface area contributed by atoms with E-state index >= 15 is 0 Å². The van der Waals surface area contributed by atoms with Crippen molar-refractivity contribution in [2.24, 2.45) is 5.10 Å². The summed E-state index contributed by atoms with van der Waals surface area (Å²) in [5.74, 6) is 0.611. The van der Waals surface area contributed by atoms with Crippen LogP contribution in [0.3, 0.4) is 0 Å². The predicted molar refractivity (Wildman–Crippen MR) is 139 cm³/mol. The molecule has 1 amide bonds. The van der Waals surface area contributed by atoms with Crippen LogP contribution in [-0.4, -0.2) is 48.4 Å². The van der Waals surface area contributed by atoms with Crippen molar-refractivity contribution in [2.45, 2.75) is 11.8 Å². The molecule has 0 saturated carbocycles. The molecule has 0 aliphatic rings. The Kier molecular flexibility index (Phi) is 8.78. The van der Waals surface area contributed by atoms with Gasteiger partial charge in [0.2, 0.25) is 5.75 Å². The highest BCUT2D eigenvalue weighted by Crippen LogP contribution is 2.37. The van der Waals surface area contributed by atoms with Gasteiger partial charge in [0, 0.05) is 10.6 Å². The molecule has 0 unspecified atom stereocenters. The van der Waals surface area contributed by atoms with Crippen LogP contribution in [0.25, 0.3) is 0 Å². The number of rotatable bonds is 10. The quantitative estimate of drug-likeness (QED) is 0.313. The number of ether oxygens (including phenoxy) is 3. The standard InChI is InChI=1S/C25H26ClN3O6S/c1-17-12-19(26)10-11-21(17)29(36(31,32)20-8-6-5-7-9-20)16-24(30)28-27-15-18-13-22(33-2)25(35-4)23(14-18)34-3/h5-15H,16H2,1-4H3,(H,28,30)/b27-15-. The Balaban J connectivity index is 1.86. The number of amides is 1. The first kappa shape index (κ1) is 26.8. The topological polar surface area (TPSA) is 107 Å². The Hall–Kier alpha value is -3.76. The lowest BCUT2D eigenvalue weighted by atomic mass is 10.2. The number of benzene rings is 3. The van der Waals surface area contributed by atoms with Gasteiger partial charge in [-0.3, -0.25) is 9.10 Å². The van der Waals surface area contributed by atoms with Gasteiger partial charge in [0.05, 0.1) is 38.1 Å². The lowest BCUT2D eigenvalue weighted by Crippen LogP contribution is -2.40. The summed E-state index contributed by atoms with van der Waals surface area (Å²) >= 11 is 6.06. The van der Waals surface area contributed by atoms with Gasteiger partial charge in [0.15, 0.2) is 11.5 Å². The number of sulfonamides is 1. The van der Waals surface area contributed by atoms with Crippen molar-refractivity contribution in [1.29, 1.82) is 0 Å². The summed E-state index contributed by atoms with van der Waals surface area (Å²) in [7, 11) is 0.408. The average Bonchev–Trinajstić information content (AvgIpc) is 2.87. The van der Waals surface area contributed by atoms with Crippen LogP contribution in [0.1, 0.15) is 11.1 Å². The van der Waals surface area contributed by atoms with E-state index in [1.807, 2.05) is 0 Å². The second kappa shape index (κ2) is 11.8. The third kappa shape index (κ3) is 6.07. The van der Waals surface area contributed by atoms with E-state index in [1.165, 1.54) is 39.7 Å². The van der Waals surface area contributed by atoms with Crippen molar-refractivity contribution in [2.75, 3.05) is 32.2 Å². The smallest absolute Gasteiger partial charge is 0.264 e. The lowest BCUT2D eigenvalue weighted by molar-refractivity contribution is -0.119. The number of hydrogen-bond acceptors (Lipinski definition) is 7. The first-order valence-electron chi connectivity index (χ1n) is 10.7. The van der Waals surface area contributed by atoms with Crippen molar-refractivity contribution < 1.29 is 27.4 Å². The molecule has 0 heterocycles. The third-order valence-electron chi connectivity index (χ3n) is 5.14. The highest BCUT2D eigenvalue weighted by Gasteiger charge is 2.28. The van der Waals surface area contributed by atoms with Crippen LogP contribution in [0.15, 0.2) is 70.7 Å². The van der Waals surface area contributed by atoms with Crippen molar-refractivity contribution >= 4 is 39.4 Å². The molecule has 190 valence electrons. The summed E-state index contributed by atoms with van der Waals surface area (Å²) in [6, 6.07) is 15.9. The van der Waals surface area contributed by atoms with Crippen molar-refractivity contribution in [3.05, 3.63) is 76.8 Å². The maximum atomic E-state index is 13.4. The van der Waals surface area contributed by atoms with Crippen molar-refractivity contribution in [1.82, 2.24) is 5.43 Å². The molecule has 9 nitrogen and oxygen atoms in total. The number of halogens is 1. The van der Waals surface area contributed by atoms with E-state index in [-0.39, 0.29) is 4.90 Å². The highest BCUT2D eigenvalue weighted by atomic mass is 35.5. The zero-order valence-electron chi connectivity index (χ0n) is 20.2. The first-order valence-corrected chi connectivity index (χ1v) is 12.5. The predicted octanol–water partition coefficient (Wildman–Crippen LogP) is 4.02. The third-order valence-corrected chi connectivity index (χ3v) is 7.14. The van der Waals surface area contributed by atoms with Gasteiger partial charge in [-0.2, -0.15) is 5.10 Å². The second-order valence-corrected chi connectivity index (χ2v) is 9.81. The molecule has 0 bridgehead atoms. The Morgan fingerprint density at radius 3 is 2.19 bits per heavy atom. The number of anilines is 1. The molecule has 0 aliphatic carbocycles. The SMILES string of the molecule is COc1cc(/C=N\NC(=O)CN(c2ccc(Cl)cc2C)S(=O)(=O)c2ccccc2)cc(OC)c1OC. The number of nitrogens with zero attached hydrogens (tertiary/aromatic N) is 2. The molecule has 0 fully saturated rings. The van der Waals surface area contributed by atoms with E-state index in [1.54, 1.807) is 55.5 Å². The first-order chi connectivity index (χ1) is 17.2. The normalized spacial score (nSPS) is 11.2. The van der Waals surface area contributed by atoms with Crippen LogP contribution in [0, 0.1) is 6.92 Å². The number of carbonyl (C=O) groups excluding carboxylic acids is 1.